The highest BCUT2D eigenvalue weighted by Crippen LogP contribution is 2.34. The Morgan fingerprint density at radius 1 is 1.43 bits per heavy atom. The Kier molecular flexibility index (Phi) is 4.99. The first-order valence-corrected chi connectivity index (χ1v) is 8.38. The molecule has 1 aliphatic rings. The van der Waals surface area contributed by atoms with Crippen molar-refractivity contribution in [1.82, 2.24) is 14.5 Å². The summed E-state index contributed by atoms with van der Waals surface area (Å²) in [5.41, 5.74) is 1.21. The van der Waals surface area contributed by atoms with Gasteiger partial charge in [0.15, 0.2) is 5.16 Å². The molecule has 0 aromatic carbocycles. The standard InChI is InChI=1S/C15H25N3O2S/c1-15(2,3)12-9-16-14(21-10-13(19)20)18(12)11-5-7-17(4)8-6-11/h9,11H,5-8,10H2,1-4H3,(H,19,20). The number of hydrogen-bond acceptors (Lipinski definition) is 4. The molecule has 0 aliphatic carbocycles. The van der Waals surface area contributed by atoms with Crippen LogP contribution in [0, 0.1) is 0 Å². The Balaban J connectivity index is 2.29. The maximum Gasteiger partial charge on any atom is 0.313 e. The van der Waals surface area contributed by atoms with Crippen LogP contribution < -0.4 is 0 Å². The van der Waals surface area contributed by atoms with Gasteiger partial charge in [-0.1, -0.05) is 32.5 Å². The molecule has 1 fully saturated rings. The van der Waals surface area contributed by atoms with Crippen molar-refractivity contribution in [3.63, 3.8) is 0 Å². The van der Waals surface area contributed by atoms with Crippen LogP contribution in [0.1, 0.15) is 45.3 Å². The van der Waals surface area contributed by atoms with E-state index in [4.69, 9.17) is 5.11 Å². The predicted molar refractivity (Wildman–Crippen MR) is 85.1 cm³/mol. The topological polar surface area (TPSA) is 58.4 Å². The summed E-state index contributed by atoms with van der Waals surface area (Å²) < 4.78 is 2.29. The fourth-order valence-electron chi connectivity index (χ4n) is 2.74. The molecule has 0 atom stereocenters. The Morgan fingerprint density at radius 3 is 2.57 bits per heavy atom. The number of carboxylic acid groups (broad SMARTS) is 1. The number of piperidine rings is 1. The lowest BCUT2D eigenvalue weighted by Crippen LogP contribution is -2.33. The van der Waals surface area contributed by atoms with E-state index in [1.54, 1.807) is 0 Å². The highest BCUT2D eigenvalue weighted by molar-refractivity contribution is 7.99. The van der Waals surface area contributed by atoms with Gasteiger partial charge in [0.25, 0.3) is 0 Å². The van der Waals surface area contributed by atoms with Gasteiger partial charge in [0.2, 0.25) is 0 Å². The lowest BCUT2D eigenvalue weighted by molar-refractivity contribution is -0.133. The van der Waals surface area contributed by atoms with Gasteiger partial charge >= 0.3 is 5.97 Å². The lowest BCUT2D eigenvalue weighted by Gasteiger charge is -2.33. The van der Waals surface area contributed by atoms with Crippen LogP contribution in [-0.4, -0.2) is 51.4 Å². The molecule has 2 rings (SSSR count). The van der Waals surface area contributed by atoms with Crippen LogP contribution in [0.5, 0.6) is 0 Å². The van der Waals surface area contributed by atoms with Crippen molar-refractivity contribution >= 4 is 17.7 Å². The van der Waals surface area contributed by atoms with Crippen LogP contribution in [-0.2, 0) is 10.2 Å². The molecule has 0 spiro atoms. The number of carbonyl (C=O) groups is 1. The molecule has 1 aliphatic heterocycles. The fraction of sp³-hybridized carbons (Fsp3) is 0.733. The summed E-state index contributed by atoms with van der Waals surface area (Å²) in [6.07, 6.45) is 4.11. The van der Waals surface area contributed by atoms with E-state index in [1.807, 2.05) is 6.20 Å². The Hall–Kier alpha value is -1.01. The summed E-state index contributed by atoms with van der Waals surface area (Å²) in [5.74, 6) is -0.733. The van der Waals surface area contributed by atoms with Crippen LogP contribution in [0.2, 0.25) is 0 Å². The summed E-state index contributed by atoms with van der Waals surface area (Å²) in [4.78, 5) is 17.7. The van der Waals surface area contributed by atoms with Crippen molar-refractivity contribution < 1.29 is 9.90 Å². The number of nitrogens with zero attached hydrogens (tertiary/aromatic N) is 3. The van der Waals surface area contributed by atoms with Crippen molar-refractivity contribution in [1.29, 1.82) is 0 Å². The van der Waals surface area contributed by atoms with E-state index in [2.05, 4.69) is 42.3 Å². The molecule has 1 aromatic rings. The average Bonchev–Trinajstić information content (AvgIpc) is 2.81. The van der Waals surface area contributed by atoms with Crippen LogP contribution in [0.25, 0.3) is 0 Å². The molecule has 5 nitrogen and oxygen atoms in total. The molecule has 1 aromatic heterocycles. The van der Waals surface area contributed by atoms with E-state index < -0.39 is 5.97 Å². The van der Waals surface area contributed by atoms with Gasteiger partial charge in [0.05, 0.1) is 5.75 Å². The smallest absolute Gasteiger partial charge is 0.313 e. The summed E-state index contributed by atoms with van der Waals surface area (Å²) in [6, 6.07) is 0.425. The normalized spacial score (nSPS) is 18.1. The minimum absolute atomic E-state index is 0.0123. The molecule has 6 heteroatoms. The second-order valence-corrected chi connectivity index (χ2v) is 7.71. The largest absolute Gasteiger partial charge is 0.481 e. The second kappa shape index (κ2) is 6.40. The molecular formula is C15H25N3O2S. The third-order valence-electron chi connectivity index (χ3n) is 3.91. The van der Waals surface area contributed by atoms with E-state index in [1.165, 1.54) is 17.5 Å². The number of rotatable bonds is 4. The van der Waals surface area contributed by atoms with E-state index in [9.17, 15) is 4.79 Å². The van der Waals surface area contributed by atoms with Crippen molar-refractivity contribution in [2.75, 3.05) is 25.9 Å². The minimum atomic E-state index is -0.796. The molecule has 1 N–H and O–H groups in total. The highest BCUT2D eigenvalue weighted by atomic mass is 32.2. The van der Waals surface area contributed by atoms with Gasteiger partial charge in [-0.25, -0.2) is 4.98 Å². The zero-order chi connectivity index (χ0) is 15.6. The number of aliphatic carboxylic acids is 1. The third-order valence-corrected chi connectivity index (χ3v) is 4.86. The quantitative estimate of drug-likeness (QED) is 0.866. The molecule has 0 bridgehead atoms. The maximum absolute atomic E-state index is 10.8. The van der Waals surface area contributed by atoms with Crippen LogP contribution in [0.3, 0.4) is 0 Å². The molecule has 0 unspecified atom stereocenters. The van der Waals surface area contributed by atoms with E-state index in [-0.39, 0.29) is 11.2 Å². The monoisotopic (exact) mass is 311 g/mol. The number of imidazole rings is 1. The number of thioether (sulfide) groups is 1. The van der Waals surface area contributed by atoms with Crippen LogP contribution >= 0.6 is 11.8 Å². The van der Waals surface area contributed by atoms with Gasteiger partial charge in [-0.05, 0) is 33.0 Å². The van der Waals surface area contributed by atoms with Gasteiger partial charge in [0, 0.05) is 23.3 Å². The number of carboxylic acids is 1. The van der Waals surface area contributed by atoms with Crippen LogP contribution in [0.15, 0.2) is 11.4 Å². The lowest BCUT2D eigenvalue weighted by atomic mass is 9.91. The Morgan fingerprint density at radius 2 is 2.05 bits per heavy atom. The number of aromatic nitrogens is 2. The van der Waals surface area contributed by atoms with E-state index in [0.29, 0.717) is 6.04 Å². The maximum atomic E-state index is 10.8. The fourth-order valence-corrected chi connectivity index (χ4v) is 3.50. The molecular weight excluding hydrogens is 286 g/mol. The van der Waals surface area contributed by atoms with Crippen molar-refractivity contribution in [3.8, 4) is 0 Å². The first-order chi connectivity index (χ1) is 9.79. The predicted octanol–water partition coefficient (Wildman–Crippen LogP) is 2.62. The van der Waals surface area contributed by atoms with E-state index >= 15 is 0 Å². The highest BCUT2D eigenvalue weighted by Gasteiger charge is 2.28. The number of likely N-dealkylation sites (tertiary alicyclic amines) is 1. The number of hydrogen-bond donors (Lipinski definition) is 1. The van der Waals surface area contributed by atoms with Crippen molar-refractivity contribution in [3.05, 3.63) is 11.9 Å². The third kappa shape index (κ3) is 4.01. The molecule has 0 radical (unpaired) electrons. The summed E-state index contributed by atoms with van der Waals surface area (Å²) in [6.45, 7) is 8.70. The van der Waals surface area contributed by atoms with Gasteiger partial charge in [-0.15, -0.1) is 0 Å². The van der Waals surface area contributed by atoms with Crippen LogP contribution in [0.4, 0.5) is 0 Å². The molecule has 2 heterocycles. The second-order valence-electron chi connectivity index (χ2n) is 6.76. The molecule has 21 heavy (non-hydrogen) atoms. The molecule has 118 valence electrons. The zero-order valence-electron chi connectivity index (χ0n) is 13.3. The Bertz CT molecular complexity index is 500. The molecule has 0 saturated carbocycles. The summed E-state index contributed by atoms with van der Waals surface area (Å²) in [5, 5.41) is 9.76. The SMILES string of the molecule is CN1CCC(n2c(C(C)(C)C)cnc2SCC(=O)O)CC1. The zero-order valence-corrected chi connectivity index (χ0v) is 14.1. The first kappa shape index (κ1) is 16.4. The van der Waals surface area contributed by atoms with Crippen molar-refractivity contribution in [2.24, 2.45) is 0 Å². The van der Waals surface area contributed by atoms with Gasteiger partial charge < -0.3 is 14.6 Å². The van der Waals surface area contributed by atoms with Gasteiger partial charge in [-0.3, -0.25) is 4.79 Å². The Labute approximate surface area is 130 Å². The first-order valence-electron chi connectivity index (χ1n) is 7.40. The van der Waals surface area contributed by atoms with E-state index in [0.717, 1.165) is 31.1 Å². The van der Waals surface area contributed by atoms with Gasteiger partial charge in [-0.2, -0.15) is 0 Å². The minimum Gasteiger partial charge on any atom is -0.481 e. The summed E-state index contributed by atoms with van der Waals surface area (Å²) in [7, 11) is 2.15. The molecule has 1 saturated heterocycles. The van der Waals surface area contributed by atoms with Crippen molar-refractivity contribution in [2.45, 2.75) is 50.2 Å². The van der Waals surface area contributed by atoms with Gasteiger partial charge in [0.1, 0.15) is 0 Å². The average molecular weight is 311 g/mol. The summed E-state index contributed by atoms with van der Waals surface area (Å²) >= 11 is 1.33. The molecule has 0 amide bonds.